The Morgan fingerprint density at radius 2 is 2.08 bits per heavy atom. The molecule has 1 aliphatic carbocycles. The Hall–Kier alpha value is -0.120. The van der Waals surface area contributed by atoms with E-state index in [1.807, 2.05) is 0 Å². The van der Waals surface area contributed by atoms with Crippen LogP contribution < -0.4 is 0 Å². The van der Waals surface area contributed by atoms with E-state index in [0.29, 0.717) is 12.6 Å². The molecule has 76 valence electrons. The highest BCUT2D eigenvalue weighted by molar-refractivity contribution is 4.87. The number of aliphatic hydroxyl groups excluding tert-OH is 1. The fourth-order valence-electron chi connectivity index (χ4n) is 2.17. The van der Waals surface area contributed by atoms with Crippen LogP contribution in [-0.2, 0) is 4.74 Å². The normalized spacial score (nSPS) is 36.2. The second-order valence-corrected chi connectivity index (χ2v) is 4.25. The fraction of sp³-hybridized carbons (Fsp3) is 1.00. The van der Waals surface area contributed by atoms with Gasteiger partial charge in [-0.25, -0.2) is 0 Å². The molecule has 0 aromatic carbocycles. The molecule has 2 aliphatic rings. The third-order valence-corrected chi connectivity index (χ3v) is 3.46. The summed E-state index contributed by atoms with van der Waals surface area (Å²) in [5, 5.41) is 9.79. The molecular formula is C10H19NO2. The molecule has 2 rings (SSSR count). The van der Waals surface area contributed by atoms with Crippen LogP contribution in [0, 0.1) is 0 Å². The standard InChI is InChI=1S/C10H19NO2/c1-11(8-3-2-4-8)9-7-13-6-5-10(9)12/h8-10,12H,2-7H2,1H3. The first kappa shape index (κ1) is 9.44. The Labute approximate surface area is 79.7 Å². The molecule has 0 radical (unpaired) electrons. The molecular weight excluding hydrogens is 166 g/mol. The van der Waals surface area contributed by atoms with Crippen LogP contribution in [0.1, 0.15) is 25.7 Å². The topological polar surface area (TPSA) is 32.7 Å². The van der Waals surface area contributed by atoms with Gasteiger partial charge in [-0.2, -0.15) is 0 Å². The van der Waals surface area contributed by atoms with Gasteiger partial charge in [0.15, 0.2) is 0 Å². The van der Waals surface area contributed by atoms with Crippen LogP contribution in [0.25, 0.3) is 0 Å². The molecule has 2 fully saturated rings. The minimum Gasteiger partial charge on any atom is -0.391 e. The second kappa shape index (κ2) is 3.95. The molecule has 1 N–H and O–H groups in total. The van der Waals surface area contributed by atoms with Crippen molar-refractivity contribution in [1.29, 1.82) is 0 Å². The number of rotatable bonds is 2. The van der Waals surface area contributed by atoms with Crippen molar-refractivity contribution < 1.29 is 9.84 Å². The van der Waals surface area contributed by atoms with E-state index in [-0.39, 0.29) is 12.1 Å². The average molecular weight is 185 g/mol. The van der Waals surface area contributed by atoms with E-state index in [1.54, 1.807) is 0 Å². The van der Waals surface area contributed by atoms with Crippen LogP contribution in [0.4, 0.5) is 0 Å². The maximum Gasteiger partial charge on any atom is 0.0739 e. The Kier molecular flexibility index (Phi) is 2.86. The summed E-state index contributed by atoms with van der Waals surface area (Å²) in [6.45, 7) is 1.42. The van der Waals surface area contributed by atoms with Crippen molar-refractivity contribution in [1.82, 2.24) is 4.90 Å². The summed E-state index contributed by atoms with van der Waals surface area (Å²) in [6.07, 6.45) is 4.54. The maximum atomic E-state index is 9.79. The Morgan fingerprint density at radius 1 is 1.31 bits per heavy atom. The first-order valence-electron chi connectivity index (χ1n) is 5.27. The lowest BCUT2D eigenvalue weighted by Gasteiger charge is -2.43. The number of hydrogen-bond acceptors (Lipinski definition) is 3. The molecule has 1 aliphatic heterocycles. The average Bonchev–Trinajstić information content (AvgIpc) is 2.01. The van der Waals surface area contributed by atoms with Crippen LogP contribution in [0.15, 0.2) is 0 Å². The SMILES string of the molecule is CN(C1CCC1)C1COCCC1O. The van der Waals surface area contributed by atoms with Crippen molar-refractivity contribution in [3.63, 3.8) is 0 Å². The molecule has 1 saturated heterocycles. The maximum absolute atomic E-state index is 9.79. The van der Waals surface area contributed by atoms with Gasteiger partial charge in [0, 0.05) is 12.6 Å². The van der Waals surface area contributed by atoms with Crippen molar-refractivity contribution in [2.24, 2.45) is 0 Å². The molecule has 3 heteroatoms. The van der Waals surface area contributed by atoms with Gasteiger partial charge in [0.05, 0.1) is 18.8 Å². The molecule has 0 spiro atoms. The zero-order valence-corrected chi connectivity index (χ0v) is 8.28. The summed E-state index contributed by atoms with van der Waals surface area (Å²) < 4.78 is 5.39. The quantitative estimate of drug-likeness (QED) is 0.684. The van der Waals surface area contributed by atoms with Gasteiger partial charge in [-0.15, -0.1) is 0 Å². The van der Waals surface area contributed by atoms with Gasteiger partial charge in [-0.05, 0) is 26.3 Å². The summed E-state index contributed by atoms with van der Waals surface area (Å²) in [4.78, 5) is 2.31. The van der Waals surface area contributed by atoms with Gasteiger partial charge >= 0.3 is 0 Å². The van der Waals surface area contributed by atoms with Gasteiger partial charge in [-0.3, -0.25) is 4.90 Å². The molecule has 0 amide bonds. The molecule has 1 heterocycles. The summed E-state index contributed by atoms with van der Waals surface area (Å²) in [6, 6.07) is 0.931. The van der Waals surface area contributed by atoms with Gasteiger partial charge in [0.1, 0.15) is 0 Å². The van der Waals surface area contributed by atoms with Crippen molar-refractivity contribution in [3.05, 3.63) is 0 Å². The molecule has 13 heavy (non-hydrogen) atoms. The van der Waals surface area contributed by atoms with E-state index in [2.05, 4.69) is 11.9 Å². The van der Waals surface area contributed by atoms with E-state index < -0.39 is 0 Å². The highest BCUT2D eigenvalue weighted by Crippen LogP contribution is 2.27. The van der Waals surface area contributed by atoms with Crippen LogP contribution >= 0.6 is 0 Å². The van der Waals surface area contributed by atoms with Gasteiger partial charge in [0.2, 0.25) is 0 Å². The summed E-state index contributed by atoms with van der Waals surface area (Å²) in [5.41, 5.74) is 0. The van der Waals surface area contributed by atoms with Gasteiger partial charge in [-0.1, -0.05) is 6.42 Å². The predicted molar refractivity (Wildman–Crippen MR) is 50.6 cm³/mol. The summed E-state index contributed by atoms with van der Waals surface area (Å²) in [5.74, 6) is 0. The van der Waals surface area contributed by atoms with Crippen LogP contribution in [0.2, 0.25) is 0 Å². The Bertz CT molecular complexity index is 170. The Balaban J connectivity index is 1.88. The number of hydrogen-bond donors (Lipinski definition) is 1. The van der Waals surface area contributed by atoms with E-state index >= 15 is 0 Å². The largest absolute Gasteiger partial charge is 0.391 e. The molecule has 0 aromatic rings. The third-order valence-electron chi connectivity index (χ3n) is 3.46. The Morgan fingerprint density at radius 3 is 2.62 bits per heavy atom. The third kappa shape index (κ3) is 1.87. The molecule has 2 atom stereocenters. The van der Waals surface area contributed by atoms with Gasteiger partial charge < -0.3 is 9.84 Å². The lowest BCUT2D eigenvalue weighted by atomic mass is 9.89. The van der Waals surface area contributed by atoms with Gasteiger partial charge in [0.25, 0.3) is 0 Å². The first-order valence-corrected chi connectivity index (χ1v) is 5.27. The van der Waals surface area contributed by atoms with Crippen LogP contribution in [0.5, 0.6) is 0 Å². The molecule has 2 unspecified atom stereocenters. The molecule has 3 nitrogen and oxygen atoms in total. The van der Waals surface area contributed by atoms with E-state index in [4.69, 9.17) is 4.74 Å². The minimum absolute atomic E-state index is 0.181. The molecule has 0 aromatic heterocycles. The van der Waals surface area contributed by atoms with Crippen molar-refractivity contribution in [2.75, 3.05) is 20.3 Å². The molecule has 1 saturated carbocycles. The highest BCUT2D eigenvalue weighted by atomic mass is 16.5. The second-order valence-electron chi connectivity index (χ2n) is 4.25. The number of nitrogens with zero attached hydrogens (tertiary/aromatic N) is 1. The van der Waals surface area contributed by atoms with Crippen molar-refractivity contribution in [3.8, 4) is 0 Å². The summed E-state index contributed by atoms with van der Waals surface area (Å²) >= 11 is 0. The van der Waals surface area contributed by atoms with Crippen LogP contribution in [0.3, 0.4) is 0 Å². The van der Waals surface area contributed by atoms with Crippen LogP contribution in [-0.4, -0.2) is 48.5 Å². The first-order chi connectivity index (χ1) is 6.29. The number of likely N-dealkylation sites (N-methyl/N-ethyl adjacent to an activating group) is 1. The number of aliphatic hydroxyl groups is 1. The minimum atomic E-state index is -0.181. The zero-order chi connectivity index (χ0) is 9.26. The highest BCUT2D eigenvalue weighted by Gasteiger charge is 2.33. The van der Waals surface area contributed by atoms with Crippen molar-refractivity contribution >= 4 is 0 Å². The lowest BCUT2D eigenvalue weighted by Crippen LogP contribution is -2.53. The summed E-state index contributed by atoms with van der Waals surface area (Å²) in [7, 11) is 2.12. The zero-order valence-electron chi connectivity index (χ0n) is 8.28. The number of ether oxygens (including phenoxy) is 1. The molecule has 0 bridgehead atoms. The fourth-order valence-corrected chi connectivity index (χ4v) is 2.17. The smallest absolute Gasteiger partial charge is 0.0739 e. The monoisotopic (exact) mass is 185 g/mol. The predicted octanol–water partition coefficient (Wildman–Crippen LogP) is 0.620. The van der Waals surface area contributed by atoms with E-state index in [0.717, 1.165) is 13.0 Å². The van der Waals surface area contributed by atoms with E-state index in [9.17, 15) is 5.11 Å². The lowest BCUT2D eigenvalue weighted by molar-refractivity contribution is -0.0735. The van der Waals surface area contributed by atoms with E-state index in [1.165, 1.54) is 19.3 Å². The van der Waals surface area contributed by atoms with Crippen molar-refractivity contribution in [2.45, 2.75) is 43.9 Å².